The fourth-order valence-electron chi connectivity index (χ4n) is 10.9. The predicted molar refractivity (Wildman–Crippen MR) is 312 cm³/mol. The molecule has 13 aromatic rings. The maximum absolute atomic E-state index is 2.47. The Hall–Kier alpha value is -9.38. The average molecular weight is 937 g/mol. The van der Waals surface area contributed by atoms with Crippen LogP contribution in [0.3, 0.4) is 0 Å². The zero-order valence-corrected chi connectivity index (χ0v) is 41.1. The quantitative estimate of drug-likeness (QED) is 0.136. The molecule has 12 aromatic carbocycles. The number of fused-ring (bicyclic) bond motifs is 6. The second kappa shape index (κ2) is 18.1. The minimum atomic E-state index is 1.07. The smallest absolute Gasteiger partial charge is 0.0561 e. The summed E-state index contributed by atoms with van der Waals surface area (Å²) in [6, 6.07) is 95.7. The molecule has 0 saturated carbocycles. The first-order chi connectivity index (χ1) is 35.9. The van der Waals surface area contributed by atoms with Gasteiger partial charge in [0.15, 0.2) is 0 Å². The van der Waals surface area contributed by atoms with Crippen LogP contribution in [0.4, 0.5) is 51.2 Å². The number of hydrogen-bond donors (Lipinski definition) is 0. The Morgan fingerprint density at radius 3 is 0.890 bits per heavy atom. The van der Waals surface area contributed by atoms with Crippen molar-refractivity contribution in [2.75, 3.05) is 14.7 Å². The zero-order valence-electron chi connectivity index (χ0n) is 41.1. The van der Waals surface area contributed by atoms with E-state index in [4.69, 9.17) is 0 Å². The van der Waals surface area contributed by atoms with E-state index in [0.29, 0.717) is 0 Å². The first-order valence-electron chi connectivity index (χ1n) is 25.2. The molecule has 1 aromatic heterocycles. The molecule has 0 bridgehead atoms. The predicted octanol–water partition coefficient (Wildman–Crippen LogP) is 19.6. The van der Waals surface area contributed by atoms with E-state index in [9.17, 15) is 0 Å². The van der Waals surface area contributed by atoms with Gasteiger partial charge in [-0.25, -0.2) is 0 Å². The van der Waals surface area contributed by atoms with Crippen molar-refractivity contribution in [1.82, 2.24) is 4.57 Å². The Morgan fingerprint density at radius 1 is 0.247 bits per heavy atom. The number of benzene rings is 12. The highest BCUT2D eigenvalue weighted by Crippen LogP contribution is 2.46. The van der Waals surface area contributed by atoms with E-state index in [2.05, 4.69) is 301 Å². The van der Waals surface area contributed by atoms with Crippen LogP contribution in [0, 0.1) is 20.8 Å². The number of aromatic nitrogens is 1. The van der Waals surface area contributed by atoms with Crippen LogP contribution in [0.5, 0.6) is 0 Å². The third-order valence-corrected chi connectivity index (χ3v) is 14.5. The maximum Gasteiger partial charge on any atom is 0.0561 e. The summed E-state index contributed by atoms with van der Waals surface area (Å²) in [5, 5.41) is 9.56. The van der Waals surface area contributed by atoms with Crippen LogP contribution < -0.4 is 14.7 Å². The van der Waals surface area contributed by atoms with Crippen LogP contribution >= 0.6 is 0 Å². The average Bonchev–Trinajstić information content (AvgIpc) is 3.76. The highest BCUT2D eigenvalue weighted by atomic mass is 15.2. The minimum Gasteiger partial charge on any atom is -0.310 e. The Morgan fingerprint density at radius 2 is 0.534 bits per heavy atom. The van der Waals surface area contributed by atoms with Gasteiger partial charge in [-0.3, -0.25) is 0 Å². The molecule has 0 N–H and O–H groups in total. The molecule has 0 spiro atoms. The third-order valence-electron chi connectivity index (χ3n) is 14.5. The normalized spacial score (nSPS) is 11.5. The van der Waals surface area contributed by atoms with Crippen LogP contribution in [0.2, 0.25) is 0 Å². The van der Waals surface area contributed by atoms with Gasteiger partial charge in [0.1, 0.15) is 0 Å². The van der Waals surface area contributed by atoms with Crippen molar-refractivity contribution in [2.24, 2.45) is 0 Å². The van der Waals surface area contributed by atoms with Gasteiger partial charge >= 0.3 is 0 Å². The van der Waals surface area contributed by atoms with E-state index in [1.165, 1.54) is 59.8 Å². The number of aryl methyl sites for hydroxylation is 3. The van der Waals surface area contributed by atoms with Crippen molar-refractivity contribution in [3.8, 4) is 5.69 Å². The second-order valence-electron chi connectivity index (χ2n) is 19.3. The van der Waals surface area contributed by atoms with Gasteiger partial charge in [0.25, 0.3) is 0 Å². The summed E-state index contributed by atoms with van der Waals surface area (Å²) >= 11 is 0. The van der Waals surface area contributed by atoms with Gasteiger partial charge < -0.3 is 19.3 Å². The van der Waals surface area contributed by atoms with Crippen molar-refractivity contribution in [2.45, 2.75) is 20.8 Å². The molecule has 4 nitrogen and oxygen atoms in total. The molecule has 0 unspecified atom stereocenters. The number of anilines is 9. The summed E-state index contributed by atoms with van der Waals surface area (Å²) in [6.07, 6.45) is 0. The van der Waals surface area contributed by atoms with Gasteiger partial charge in [-0.1, -0.05) is 174 Å². The summed E-state index contributed by atoms with van der Waals surface area (Å²) in [7, 11) is 0. The highest BCUT2D eigenvalue weighted by Gasteiger charge is 2.23. The lowest BCUT2D eigenvalue weighted by atomic mass is 10.0. The standard InChI is InChI=1S/C69H52N4/c1-47-25-31-53(32-26-47)70(65-22-10-16-50-13-4-7-19-60(50)65)56-37-39-57(40-38-56)73-68-45-58(71(54-33-27-48(2)28-34-54)66-23-11-17-51-14-5-8-20-61(51)66)41-43-63(68)64-44-42-59(46-69(64)73)72(55-35-29-49(3)30-36-55)67-24-12-18-52-15-6-9-21-62(52)67/h4-46H,1-3H3. The summed E-state index contributed by atoms with van der Waals surface area (Å²) in [4.78, 5) is 7.23. The molecule has 0 amide bonds. The van der Waals surface area contributed by atoms with Crippen molar-refractivity contribution in [3.63, 3.8) is 0 Å². The van der Waals surface area contributed by atoms with Crippen LogP contribution in [0.25, 0.3) is 59.8 Å². The fraction of sp³-hybridized carbons (Fsp3) is 0.0435. The third kappa shape index (κ3) is 7.81. The van der Waals surface area contributed by atoms with E-state index >= 15 is 0 Å². The molecular weight excluding hydrogens is 885 g/mol. The summed E-state index contributed by atoms with van der Waals surface area (Å²) in [6.45, 7) is 6.45. The van der Waals surface area contributed by atoms with Crippen molar-refractivity contribution in [1.29, 1.82) is 0 Å². The molecule has 13 rings (SSSR count). The van der Waals surface area contributed by atoms with Crippen molar-refractivity contribution < 1.29 is 0 Å². The lowest BCUT2D eigenvalue weighted by Gasteiger charge is -2.28. The maximum atomic E-state index is 2.47. The molecule has 0 aliphatic rings. The summed E-state index contributed by atoms with van der Waals surface area (Å²) in [5.74, 6) is 0. The summed E-state index contributed by atoms with van der Waals surface area (Å²) < 4.78 is 2.47. The SMILES string of the molecule is Cc1ccc(N(c2ccc(-n3c4cc(N(c5ccc(C)cc5)c5cccc6ccccc56)ccc4c4ccc(N(c5ccc(C)cc5)c5cccc6ccccc56)cc43)cc2)c2cccc3ccccc23)cc1. The molecule has 4 heteroatoms. The Bertz CT molecular complexity index is 3970. The molecule has 348 valence electrons. The molecule has 0 aliphatic carbocycles. The molecule has 73 heavy (non-hydrogen) atoms. The van der Waals surface area contributed by atoms with Gasteiger partial charge in [0.2, 0.25) is 0 Å². The van der Waals surface area contributed by atoms with E-state index in [0.717, 1.165) is 67.9 Å². The Balaban J connectivity index is 1.05. The fourth-order valence-corrected chi connectivity index (χ4v) is 10.9. The van der Waals surface area contributed by atoms with Crippen LogP contribution in [0.15, 0.2) is 261 Å². The highest BCUT2D eigenvalue weighted by molar-refractivity contribution is 6.12. The molecule has 1 heterocycles. The number of nitrogens with zero attached hydrogens (tertiary/aromatic N) is 4. The lowest BCUT2D eigenvalue weighted by Crippen LogP contribution is -2.11. The monoisotopic (exact) mass is 936 g/mol. The van der Waals surface area contributed by atoms with E-state index in [-0.39, 0.29) is 0 Å². The molecule has 0 aliphatic heterocycles. The van der Waals surface area contributed by atoms with Gasteiger partial charge in [-0.15, -0.1) is 0 Å². The minimum absolute atomic E-state index is 1.07. The molecule has 0 atom stereocenters. The second-order valence-corrected chi connectivity index (χ2v) is 19.3. The topological polar surface area (TPSA) is 14.7 Å². The lowest BCUT2D eigenvalue weighted by molar-refractivity contribution is 1.17. The van der Waals surface area contributed by atoms with Gasteiger partial charge in [0.05, 0.1) is 28.1 Å². The Labute approximate surface area is 426 Å². The van der Waals surface area contributed by atoms with Gasteiger partial charge in [-0.05, 0) is 140 Å². The molecule has 0 radical (unpaired) electrons. The van der Waals surface area contributed by atoms with Crippen molar-refractivity contribution in [3.05, 3.63) is 278 Å². The first kappa shape index (κ1) is 43.6. The van der Waals surface area contributed by atoms with Crippen molar-refractivity contribution >= 4 is 105 Å². The van der Waals surface area contributed by atoms with E-state index in [1.807, 2.05) is 0 Å². The van der Waals surface area contributed by atoms with Gasteiger partial charge in [-0.2, -0.15) is 0 Å². The number of rotatable bonds is 10. The first-order valence-corrected chi connectivity index (χ1v) is 25.2. The Kier molecular flexibility index (Phi) is 10.8. The zero-order chi connectivity index (χ0) is 49.0. The number of hydrogen-bond acceptors (Lipinski definition) is 3. The van der Waals surface area contributed by atoms with Gasteiger partial charge in [0, 0.05) is 66.7 Å². The largest absolute Gasteiger partial charge is 0.310 e. The summed E-state index contributed by atoms with van der Waals surface area (Å²) in [5.41, 5.74) is 16.9. The van der Waals surface area contributed by atoms with E-state index < -0.39 is 0 Å². The van der Waals surface area contributed by atoms with Crippen LogP contribution in [-0.4, -0.2) is 4.57 Å². The molecular formula is C69H52N4. The molecule has 0 saturated heterocycles. The molecule has 0 fully saturated rings. The van der Waals surface area contributed by atoms with E-state index in [1.54, 1.807) is 0 Å². The van der Waals surface area contributed by atoms with Crippen LogP contribution in [0.1, 0.15) is 16.7 Å². The van der Waals surface area contributed by atoms with Crippen LogP contribution in [-0.2, 0) is 0 Å².